The van der Waals surface area contributed by atoms with E-state index in [1.54, 1.807) is 25.4 Å². The van der Waals surface area contributed by atoms with Gasteiger partial charge >= 0.3 is 0 Å². The molecule has 190 valence electrons. The average Bonchev–Trinajstić information content (AvgIpc) is 3.47. The van der Waals surface area contributed by atoms with E-state index >= 15 is 0 Å². The summed E-state index contributed by atoms with van der Waals surface area (Å²) in [5.74, 6) is 0.711. The van der Waals surface area contributed by atoms with Gasteiger partial charge in [-0.3, -0.25) is 9.47 Å². The second-order valence-corrected chi connectivity index (χ2v) is 9.54. The second kappa shape index (κ2) is 9.53. The summed E-state index contributed by atoms with van der Waals surface area (Å²) in [5, 5.41) is 17.2. The smallest absolute Gasteiger partial charge is 0.282 e. The summed E-state index contributed by atoms with van der Waals surface area (Å²) in [7, 11) is 0. The Kier molecular flexibility index (Phi) is 6.06. The van der Waals surface area contributed by atoms with E-state index in [-0.39, 0.29) is 17.1 Å². The maximum atomic E-state index is 13.2. The minimum atomic E-state index is -2.71. The zero-order valence-electron chi connectivity index (χ0n) is 20.3. The molecule has 0 saturated carbocycles. The van der Waals surface area contributed by atoms with Gasteiger partial charge < -0.3 is 10.1 Å². The number of aromatic nitrogens is 5. The van der Waals surface area contributed by atoms with Crippen LogP contribution < -0.4 is 5.32 Å². The van der Waals surface area contributed by atoms with Gasteiger partial charge in [0.15, 0.2) is 5.82 Å². The van der Waals surface area contributed by atoms with E-state index in [9.17, 15) is 14.0 Å². The van der Waals surface area contributed by atoms with Gasteiger partial charge in [0.1, 0.15) is 23.9 Å². The largest absolute Gasteiger partial charge is 0.382 e. The molecule has 0 unspecified atom stereocenters. The fourth-order valence-electron chi connectivity index (χ4n) is 5.00. The number of aryl methyl sites for hydroxylation is 1. The van der Waals surface area contributed by atoms with Crippen LogP contribution in [-0.2, 0) is 4.74 Å². The first-order valence-electron chi connectivity index (χ1n) is 12.3. The number of nitrogens with zero attached hydrogens (tertiary/aromatic N) is 7. The van der Waals surface area contributed by atoms with Crippen molar-refractivity contribution in [1.82, 2.24) is 29.2 Å². The molecule has 6 rings (SSSR count). The Hall–Kier alpha value is -3.88. The number of likely N-dealkylation sites (tertiary alicyclic amines) is 1. The summed E-state index contributed by atoms with van der Waals surface area (Å²) in [6.07, 6.45) is 1.13. The summed E-state index contributed by atoms with van der Waals surface area (Å²) >= 11 is 0. The van der Waals surface area contributed by atoms with Gasteiger partial charge in [-0.05, 0) is 56.2 Å². The van der Waals surface area contributed by atoms with Crippen molar-refractivity contribution in [3.63, 3.8) is 0 Å². The van der Waals surface area contributed by atoms with Crippen LogP contribution in [0, 0.1) is 18.3 Å². The summed E-state index contributed by atoms with van der Waals surface area (Å²) in [4.78, 5) is 11.7. The van der Waals surface area contributed by atoms with Gasteiger partial charge in [-0.15, -0.1) is 0 Å². The molecule has 2 saturated heterocycles. The summed E-state index contributed by atoms with van der Waals surface area (Å²) in [6.45, 7) is 5.51. The van der Waals surface area contributed by atoms with Crippen LogP contribution in [0.4, 0.5) is 14.5 Å². The number of pyridine rings is 1. The van der Waals surface area contributed by atoms with Crippen molar-refractivity contribution in [2.75, 3.05) is 31.6 Å². The van der Waals surface area contributed by atoms with Crippen LogP contribution in [-0.4, -0.2) is 67.6 Å². The first-order chi connectivity index (χ1) is 18.0. The molecule has 1 aromatic carbocycles. The molecule has 0 radical (unpaired) electrons. The first-order valence-corrected chi connectivity index (χ1v) is 12.3. The summed E-state index contributed by atoms with van der Waals surface area (Å²) < 4.78 is 34.8. The minimum absolute atomic E-state index is 0.198. The molecular formula is C26H26F2N8O. The molecule has 1 N–H and O–H groups in total. The number of ether oxygens (including phenoxy) is 1. The lowest BCUT2D eigenvalue weighted by Gasteiger charge is -2.41. The third kappa shape index (κ3) is 4.43. The molecule has 11 heteroatoms. The lowest BCUT2D eigenvalue weighted by molar-refractivity contribution is -0.0705. The molecule has 9 nitrogen and oxygen atoms in total. The van der Waals surface area contributed by atoms with Gasteiger partial charge in [0.25, 0.3) is 6.43 Å². The molecule has 0 atom stereocenters. The normalized spacial score (nSPS) is 17.3. The van der Waals surface area contributed by atoms with Crippen molar-refractivity contribution in [2.24, 2.45) is 0 Å². The molecule has 0 amide bonds. The van der Waals surface area contributed by atoms with Crippen molar-refractivity contribution >= 4 is 16.7 Å². The number of nitrogens with one attached hydrogen (secondary N) is 1. The van der Waals surface area contributed by atoms with E-state index < -0.39 is 6.43 Å². The zero-order chi connectivity index (χ0) is 25.5. The van der Waals surface area contributed by atoms with Crippen LogP contribution in [0.3, 0.4) is 0 Å². The Morgan fingerprint density at radius 3 is 2.62 bits per heavy atom. The number of piperidine rings is 1. The van der Waals surface area contributed by atoms with Crippen molar-refractivity contribution in [3.05, 3.63) is 59.7 Å². The minimum Gasteiger partial charge on any atom is -0.382 e. The highest BCUT2D eigenvalue weighted by Gasteiger charge is 2.29. The van der Waals surface area contributed by atoms with Crippen LogP contribution in [0.2, 0.25) is 0 Å². The predicted octanol–water partition coefficient (Wildman–Crippen LogP) is 4.00. The van der Waals surface area contributed by atoms with E-state index in [1.165, 1.54) is 10.7 Å². The van der Waals surface area contributed by atoms with Gasteiger partial charge in [-0.1, -0.05) is 0 Å². The Morgan fingerprint density at radius 2 is 1.95 bits per heavy atom. The Bertz CT molecular complexity index is 1480. The molecule has 5 heterocycles. The van der Waals surface area contributed by atoms with E-state index in [4.69, 9.17) is 4.74 Å². The number of imidazole rings is 1. The molecule has 3 aromatic heterocycles. The molecule has 37 heavy (non-hydrogen) atoms. The van der Waals surface area contributed by atoms with Crippen LogP contribution in [0.25, 0.3) is 22.7 Å². The molecule has 4 aromatic rings. The standard InChI is InChI=1S/C26H26F2N8O/c1-16-10-22(25(27)28)33-36(16)26-17(12-29)2-5-24(32-26)35-15-30-21-11-19(3-4-23(21)35)31-18-6-8-34(9-7-18)20-13-37-14-20/h2-5,10-11,15,18,20,25,31H,6-9,13-14H2,1H3. The van der Waals surface area contributed by atoms with Gasteiger partial charge in [-0.25, -0.2) is 23.4 Å². The van der Waals surface area contributed by atoms with Crippen LogP contribution in [0.15, 0.2) is 42.7 Å². The highest BCUT2D eigenvalue weighted by molar-refractivity contribution is 5.81. The monoisotopic (exact) mass is 504 g/mol. The average molecular weight is 505 g/mol. The molecule has 0 bridgehead atoms. The molecule has 0 spiro atoms. The molecule has 2 aliphatic heterocycles. The number of nitriles is 1. The SMILES string of the molecule is Cc1cc(C(F)F)nn1-c1nc(-n2cnc3cc(NC4CCN(C5COC5)CC4)ccc32)ccc1C#N. The molecular weight excluding hydrogens is 478 g/mol. The van der Waals surface area contributed by atoms with Crippen LogP contribution in [0.5, 0.6) is 0 Å². The Balaban J connectivity index is 1.24. The summed E-state index contributed by atoms with van der Waals surface area (Å²) in [5.41, 5.74) is 3.01. The Labute approximate surface area is 212 Å². The van der Waals surface area contributed by atoms with E-state index in [0.717, 1.165) is 55.9 Å². The van der Waals surface area contributed by atoms with E-state index in [2.05, 4.69) is 31.4 Å². The van der Waals surface area contributed by atoms with Crippen molar-refractivity contribution < 1.29 is 13.5 Å². The summed E-state index contributed by atoms with van der Waals surface area (Å²) in [6, 6.07) is 13.7. The number of anilines is 1. The fraction of sp³-hybridized carbons (Fsp3) is 0.385. The molecule has 2 aliphatic rings. The lowest BCUT2D eigenvalue weighted by atomic mass is 10.0. The van der Waals surface area contributed by atoms with E-state index in [0.29, 0.717) is 23.6 Å². The van der Waals surface area contributed by atoms with Crippen LogP contribution >= 0.6 is 0 Å². The highest BCUT2D eigenvalue weighted by atomic mass is 19.3. The van der Waals surface area contributed by atoms with Crippen LogP contribution in [0.1, 0.15) is 36.2 Å². The van der Waals surface area contributed by atoms with Gasteiger partial charge in [0.05, 0.1) is 35.9 Å². The van der Waals surface area contributed by atoms with Gasteiger partial charge in [-0.2, -0.15) is 10.4 Å². The van der Waals surface area contributed by atoms with Crippen molar-refractivity contribution in [1.29, 1.82) is 5.26 Å². The maximum Gasteiger partial charge on any atom is 0.282 e. The Morgan fingerprint density at radius 1 is 1.14 bits per heavy atom. The second-order valence-electron chi connectivity index (χ2n) is 9.54. The number of benzene rings is 1. The third-order valence-corrected chi connectivity index (χ3v) is 7.14. The van der Waals surface area contributed by atoms with Crippen molar-refractivity contribution in [2.45, 2.75) is 38.3 Å². The fourth-order valence-corrected chi connectivity index (χ4v) is 5.00. The lowest BCUT2D eigenvalue weighted by Crippen LogP contribution is -2.53. The van der Waals surface area contributed by atoms with E-state index in [1.807, 2.05) is 22.8 Å². The highest BCUT2D eigenvalue weighted by Crippen LogP contribution is 2.26. The topological polar surface area (TPSA) is 96.8 Å². The third-order valence-electron chi connectivity index (χ3n) is 7.14. The number of halogens is 2. The number of hydrogen-bond donors (Lipinski definition) is 1. The van der Waals surface area contributed by atoms with Gasteiger partial charge in [0, 0.05) is 30.5 Å². The maximum absolute atomic E-state index is 13.2. The van der Waals surface area contributed by atoms with Crippen molar-refractivity contribution in [3.8, 4) is 17.7 Å². The number of alkyl halides is 2. The molecule has 0 aliphatic carbocycles. The number of hydrogen-bond acceptors (Lipinski definition) is 7. The quantitative estimate of drug-likeness (QED) is 0.424. The number of rotatable bonds is 6. The van der Waals surface area contributed by atoms with Gasteiger partial charge in [0.2, 0.25) is 0 Å². The zero-order valence-corrected chi connectivity index (χ0v) is 20.3. The predicted molar refractivity (Wildman–Crippen MR) is 133 cm³/mol. The molecule has 2 fully saturated rings. The number of fused-ring (bicyclic) bond motifs is 1. The first kappa shape index (κ1) is 23.5.